The Labute approximate surface area is 734 Å². The van der Waals surface area contributed by atoms with E-state index in [-0.39, 0.29) is 69.3 Å². The monoisotopic (exact) mass is 1670 g/mol. The highest BCUT2D eigenvalue weighted by Crippen LogP contribution is 2.27. The molecule has 2 unspecified atom stereocenters. The van der Waals surface area contributed by atoms with Crippen molar-refractivity contribution in [3.63, 3.8) is 0 Å². The molecule has 0 aromatic heterocycles. The van der Waals surface area contributed by atoms with Crippen LogP contribution < -0.4 is 0 Å². The fourth-order valence-corrected chi connectivity index (χ4v) is 4.62. The predicted molar refractivity (Wildman–Crippen MR) is 521 cm³/mol. The Balaban J connectivity index is -0.0000000729. The number of rotatable bonds is 33. The molecule has 116 heavy (non-hydrogen) atoms. The number of carbonyl (C=O) groups excluding carboxylic acids is 6. The van der Waals surface area contributed by atoms with Crippen LogP contribution in [0.4, 0.5) is 0 Å². The molecule has 0 fully saturated rings. The van der Waals surface area contributed by atoms with E-state index in [9.17, 15) is 28.8 Å². The van der Waals surface area contributed by atoms with Crippen LogP contribution in [-0.4, -0.2) is 76.5 Å². The molecule has 2 atom stereocenters. The first-order chi connectivity index (χ1) is 52.8. The minimum absolute atomic E-state index is 0.0547. The van der Waals surface area contributed by atoms with Crippen molar-refractivity contribution < 1.29 is 57.2 Å². The number of unbranched alkanes of at least 4 members (excludes halogenated alkanes) is 2. The van der Waals surface area contributed by atoms with Crippen LogP contribution >= 0.6 is 0 Å². The molecular formula is C104H226O12. The molecule has 0 aromatic carbocycles. The van der Waals surface area contributed by atoms with Crippen LogP contribution in [0.25, 0.3) is 0 Å². The molecule has 0 aliphatic rings. The van der Waals surface area contributed by atoms with Gasteiger partial charge in [0.25, 0.3) is 0 Å². The van der Waals surface area contributed by atoms with Gasteiger partial charge in [-0.15, -0.1) is 0 Å². The van der Waals surface area contributed by atoms with Crippen LogP contribution in [0.15, 0.2) is 0 Å². The summed E-state index contributed by atoms with van der Waals surface area (Å²) < 4.78 is 28.8. The van der Waals surface area contributed by atoms with Crippen LogP contribution in [0, 0.1) is 84.2 Å². The van der Waals surface area contributed by atoms with Crippen molar-refractivity contribution in [2.24, 2.45) is 84.2 Å². The summed E-state index contributed by atoms with van der Waals surface area (Å²) in [4.78, 5) is 65.9. The Hall–Kier alpha value is -3.18. The van der Waals surface area contributed by atoms with Crippen molar-refractivity contribution in [2.45, 2.75) is 521 Å². The Morgan fingerprint density at radius 2 is 0.440 bits per heavy atom. The van der Waals surface area contributed by atoms with Crippen molar-refractivity contribution in [1.29, 1.82) is 0 Å². The van der Waals surface area contributed by atoms with Gasteiger partial charge < -0.3 is 28.4 Å². The predicted octanol–water partition coefficient (Wildman–Crippen LogP) is 34.7. The van der Waals surface area contributed by atoms with Gasteiger partial charge in [-0.3, -0.25) is 28.8 Å². The van der Waals surface area contributed by atoms with Gasteiger partial charge in [-0.1, -0.05) is 400 Å². The summed E-state index contributed by atoms with van der Waals surface area (Å²) in [6.45, 7) is 113. The molecule has 0 aliphatic heterocycles. The largest absolute Gasteiger partial charge is 0.469 e. The van der Waals surface area contributed by atoms with Crippen molar-refractivity contribution >= 4 is 35.8 Å². The maximum atomic E-state index is 11.3. The third kappa shape index (κ3) is 126. The highest BCUT2D eigenvalue weighted by Gasteiger charge is 2.29. The van der Waals surface area contributed by atoms with E-state index in [0.717, 1.165) is 87.9 Å². The second-order valence-electron chi connectivity index (χ2n) is 39.0. The molecule has 0 aromatic rings. The zero-order chi connectivity index (χ0) is 96.2. The Morgan fingerprint density at radius 3 is 0.552 bits per heavy atom. The van der Waals surface area contributed by atoms with Gasteiger partial charge in [-0.2, -0.15) is 0 Å². The second kappa shape index (κ2) is 92.5. The summed E-state index contributed by atoms with van der Waals surface area (Å²) in [5, 5.41) is 0. The third-order valence-corrected chi connectivity index (χ3v) is 23.0. The van der Waals surface area contributed by atoms with E-state index in [1.807, 2.05) is 125 Å². The normalized spacial score (nSPS) is 11.4. The first kappa shape index (κ1) is 147. The van der Waals surface area contributed by atoms with Crippen molar-refractivity contribution in [3.8, 4) is 0 Å². The molecule has 0 heterocycles. The lowest BCUT2D eigenvalue weighted by atomic mass is 9.88. The van der Waals surface area contributed by atoms with Crippen molar-refractivity contribution in [1.82, 2.24) is 0 Å². The lowest BCUT2D eigenvalue weighted by Gasteiger charge is -2.19. The molecule has 0 amide bonds. The van der Waals surface area contributed by atoms with Crippen LogP contribution in [0.5, 0.6) is 0 Å². The number of ether oxygens (including phenoxy) is 6. The molecule has 12 heteroatoms. The van der Waals surface area contributed by atoms with Gasteiger partial charge in [-0.05, 0) is 171 Å². The number of esters is 6. The quantitative estimate of drug-likeness (QED) is 0.0348. The smallest absolute Gasteiger partial charge is 0.311 e. The second-order valence-corrected chi connectivity index (χ2v) is 39.0. The molecule has 0 rings (SSSR count). The zero-order valence-corrected chi connectivity index (χ0v) is 90.4. The lowest BCUT2D eigenvalue weighted by Crippen LogP contribution is -2.26. The van der Waals surface area contributed by atoms with E-state index in [2.05, 4.69) is 245 Å². The first-order valence-electron chi connectivity index (χ1n) is 47.6. The summed E-state index contributed by atoms with van der Waals surface area (Å²) in [6, 6.07) is 0. The Bertz CT molecular complexity index is 1890. The molecule has 714 valence electrons. The summed E-state index contributed by atoms with van der Waals surface area (Å²) >= 11 is 0. The van der Waals surface area contributed by atoms with E-state index in [1.54, 1.807) is 0 Å². The number of methoxy groups -OCH3 is 2. The Kier molecular flexibility index (Phi) is 118. The molecule has 0 saturated heterocycles. The van der Waals surface area contributed by atoms with E-state index in [0.29, 0.717) is 53.5 Å². The fourth-order valence-electron chi connectivity index (χ4n) is 4.62. The van der Waals surface area contributed by atoms with Gasteiger partial charge >= 0.3 is 35.8 Å². The SMILES string of the molecule is CCC(C)(C)C.CCC(C)(C)C.CCC(C)(C)C(=O)OC.CCC(C)(C)CC.CCC(C)(C)CC.CCC(C)(C)CC.CCC(C)C.CCC(C)C(=O)OC.CCC(C)CC.CCC(C)CC.CCC(C)CC.CCCCOC(=O)C(C)(C)CC.CCCCOC(=O)C(C)CC.CCOC(=O)C(C)(C)CC.CCOC(=O)C(C)(C)CC. The standard InChI is InChI=1S/C10H20O2.C9H18O2.2C8H16O2.C7H14O2.3C7H16.C6H12O2.5C6H14.C5H12/c1-5-7-8-12-9(11)10(3,4)6-2;1-4-6-7-11-9(10)8(3)5-2;2*1-5-8(3,4)7(9)10-6-2;1-5-7(2,3)6(8)9-4;3*1-5-7(3,4)6-2;1-4-5(2)6(7)8-3;2*1-5-6(2,3)4;3*1-4-6(3)5-2;1-4-5(2)3/h5-8H2,1-4H3;8H,4-7H2,1-3H3;2*5-6H2,1-4H3;5H2,1-4H3;3*5-6H2,1-4H3;5H,4H2,1-3H3;2*5H2,1-4H3;3*6H,4-5H2,1-3H3;5H,4H2,1-3H3. The highest BCUT2D eigenvalue weighted by atomic mass is 16.5. The van der Waals surface area contributed by atoms with Gasteiger partial charge in [0.1, 0.15) is 0 Å². The van der Waals surface area contributed by atoms with Crippen molar-refractivity contribution in [3.05, 3.63) is 0 Å². The fraction of sp³-hybridized carbons (Fsp3) is 0.942. The van der Waals surface area contributed by atoms with Crippen LogP contribution in [0.2, 0.25) is 0 Å². The van der Waals surface area contributed by atoms with Gasteiger partial charge in [0.15, 0.2) is 0 Å². The minimum atomic E-state index is -0.312. The molecule has 0 bridgehead atoms. The van der Waals surface area contributed by atoms with Gasteiger partial charge in [-0.25, -0.2) is 0 Å². The Morgan fingerprint density at radius 1 is 0.241 bits per heavy atom. The van der Waals surface area contributed by atoms with E-state index < -0.39 is 0 Å². The molecule has 12 nitrogen and oxygen atoms in total. The summed E-state index contributed by atoms with van der Waals surface area (Å²) in [5.74, 6) is 3.23. The number of carbonyl (C=O) groups is 6. The zero-order valence-electron chi connectivity index (χ0n) is 90.4. The molecule has 0 aliphatic carbocycles. The maximum absolute atomic E-state index is 11.3. The topological polar surface area (TPSA) is 158 Å². The molecule has 0 radical (unpaired) electrons. The average molecular weight is 1670 g/mol. The van der Waals surface area contributed by atoms with E-state index in [1.165, 1.54) is 111 Å². The molecule has 0 saturated carbocycles. The van der Waals surface area contributed by atoms with Crippen LogP contribution in [-0.2, 0) is 57.2 Å². The minimum Gasteiger partial charge on any atom is -0.469 e. The van der Waals surface area contributed by atoms with Gasteiger partial charge in [0, 0.05) is 0 Å². The lowest BCUT2D eigenvalue weighted by molar-refractivity contribution is -0.154. The van der Waals surface area contributed by atoms with Crippen LogP contribution in [0.3, 0.4) is 0 Å². The highest BCUT2D eigenvalue weighted by molar-refractivity contribution is 5.77. The van der Waals surface area contributed by atoms with E-state index in [4.69, 9.17) is 18.9 Å². The van der Waals surface area contributed by atoms with Gasteiger partial charge in [0.05, 0.1) is 74.1 Å². The van der Waals surface area contributed by atoms with Crippen LogP contribution in [0.1, 0.15) is 521 Å². The van der Waals surface area contributed by atoms with E-state index >= 15 is 0 Å². The third-order valence-electron chi connectivity index (χ3n) is 23.0. The van der Waals surface area contributed by atoms with Gasteiger partial charge in [0.2, 0.25) is 0 Å². The first-order valence-corrected chi connectivity index (χ1v) is 47.6. The van der Waals surface area contributed by atoms with Crippen molar-refractivity contribution in [2.75, 3.05) is 40.6 Å². The molecule has 0 N–H and O–H groups in total. The maximum Gasteiger partial charge on any atom is 0.311 e. The number of hydrogen-bond acceptors (Lipinski definition) is 12. The molecular weight excluding hydrogens is 1440 g/mol. The summed E-state index contributed by atoms with van der Waals surface area (Å²) in [5.41, 5.74) is 1.59. The number of hydrogen-bond donors (Lipinski definition) is 0. The average Bonchev–Trinajstić information content (AvgIpc) is 0.917. The summed E-state index contributed by atoms with van der Waals surface area (Å²) in [7, 11) is 2.83. The summed E-state index contributed by atoms with van der Waals surface area (Å²) in [6.07, 6.45) is 28.7. The molecule has 0 spiro atoms.